The first kappa shape index (κ1) is 13.3. The SMILES string of the molecule is CCCCCC(=O)Nc1ccc(O)c2ncccc12. The molecule has 1 amide bonds. The van der Waals surface area contributed by atoms with Crippen LogP contribution in [0.15, 0.2) is 30.5 Å². The molecule has 100 valence electrons. The Balaban J connectivity index is 2.17. The van der Waals surface area contributed by atoms with Crippen molar-refractivity contribution < 1.29 is 9.90 Å². The molecule has 2 rings (SSSR count). The van der Waals surface area contributed by atoms with Gasteiger partial charge in [-0.25, -0.2) is 0 Å². The van der Waals surface area contributed by atoms with Crippen LogP contribution in [0.1, 0.15) is 32.6 Å². The normalized spacial score (nSPS) is 10.6. The summed E-state index contributed by atoms with van der Waals surface area (Å²) in [5.41, 5.74) is 1.20. The van der Waals surface area contributed by atoms with Gasteiger partial charge < -0.3 is 10.4 Å². The molecule has 0 spiro atoms. The first-order chi connectivity index (χ1) is 9.22. The molecule has 19 heavy (non-hydrogen) atoms. The Kier molecular flexibility index (Phi) is 4.34. The van der Waals surface area contributed by atoms with Crippen molar-refractivity contribution in [3.63, 3.8) is 0 Å². The van der Waals surface area contributed by atoms with E-state index < -0.39 is 0 Å². The zero-order chi connectivity index (χ0) is 13.7. The summed E-state index contributed by atoms with van der Waals surface area (Å²) in [6, 6.07) is 6.88. The summed E-state index contributed by atoms with van der Waals surface area (Å²) >= 11 is 0. The molecular weight excluding hydrogens is 240 g/mol. The molecule has 2 N–H and O–H groups in total. The number of benzene rings is 1. The Hall–Kier alpha value is -2.10. The molecule has 0 unspecified atom stereocenters. The standard InChI is InChI=1S/C15H18N2O2/c1-2-3-4-7-14(19)17-12-8-9-13(18)15-11(12)6-5-10-16-15/h5-6,8-10,18H,2-4,7H2,1H3,(H,17,19). The molecule has 1 heterocycles. The Labute approximate surface area is 112 Å². The minimum Gasteiger partial charge on any atom is -0.506 e. The number of hydrogen-bond acceptors (Lipinski definition) is 3. The molecule has 0 atom stereocenters. The number of aromatic hydroxyl groups is 1. The number of anilines is 1. The van der Waals surface area contributed by atoms with Crippen molar-refractivity contribution in [1.29, 1.82) is 0 Å². The number of carbonyl (C=O) groups excluding carboxylic acids is 1. The highest BCUT2D eigenvalue weighted by Gasteiger charge is 2.08. The third-order valence-corrected chi connectivity index (χ3v) is 3.03. The summed E-state index contributed by atoms with van der Waals surface area (Å²) in [5, 5.41) is 13.4. The molecule has 1 aromatic carbocycles. The fraction of sp³-hybridized carbons (Fsp3) is 0.333. The van der Waals surface area contributed by atoms with Crippen LogP contribution in [0.25, 0.3) is 10.9 Å². The average molecular weight is 258 g/mol. The number of phenols is 1. The van der Waals surface area contributed by atoms with Gasteiger partial charge in [0.1, 0.15) is 11.3 Å². The van der Waals surface area contributed by atoms with E-state index in [1.807, 2.05) is 6.07 Å². The molecule has 0 radical (unpaired) electrons. The second-order valence-electron chi connectivity index (χ2n) is 4.54. The number of fused-ring (bicyclic) bond motifs is 1. The predicted molar refractivity (Wildman–Crippen MR) is 76.2 cm³/mol. The van der Waals surface area contributed by atoms with Crippen LogP contribution in [-0.4, -0.2) is 16.0 Å². The Morgan fingerprint density at radius 1 is 1.32 bits per heavy atom. The van der Waals surface area contributed by atoms with Crippen molar-refractivity contribution in [2.45, 2.75) is 32.6 Å². The van der Waals surface area contributed by atoms with Crippen molar-refractivity contribution in [2.24, 2.45) is 0 Å². The molecule has 1 aromatic heterocycles. The molecule has 4 heteroatoms. The van der Waals surface area contributed by atoms with Crippen LogP contribution in [-0.2, 0) is 4.79 Å². The van der Waals surface area contributed by atoms with Crippen LogP contribution >= 0.6 is 0 Å². The third-order valence-electron chi connectivity index (χ3n) is 3.03. The molecule has 0 saturated heterocycles. The van der Waals surface area contributed by atoms with Crippen LogP contribution in [0, 0.1) is 0 Å². The fourth-order valence-electron chi connectivity index (χ4n) is 2.01. The summed E-state index contributed by atoms with van der Waals surface area (Å²) in [6.07, 6.45) is 5.20. The molecule has 0 aliphatic carbocycles. The molecule has 0 bridgehead atoms. The highest BCUT2D eigenvalue weighted by Crippen LogP contribution is 2.28. The van der Waals surface area contributed by atoms with Gasteiger partial charge in [-0.2, -0.15) is 0 Å². The van der Waals surface area contributed by atoms with Gasteiger partial charge in [-0.1, -0.05) is 19.8 Å². The van der Waals surface area contributed by atoms with Gasteiger partial charge in [-0.05, 0) is 30.7 Å². The van der Waals surface area contributed by atoms with E-state index in [1.54, 1.807) is 24.4 Å². The van der Waals surface area contributed by atoms with Crippen LogP contribution in [0.5, 0.6) is 5.75 Å². The molecule has 0 aliphatic heterocycles. The Morgan fingerprint density at radius 3 is 2.95 bits per heavy atom. The lowest BCUT2D eigenvalue weighted by Crippen LogP contribution is -2.11. The summed E-state index contributed by atoms with van der Waals surface area (Å²) in [6.45, 7) is 2.11. The van der Waals surface area contributed by atoms with Gasteiger partial charge in [0.15, 0.2) is 0 Å². The van der Waals surface area contributed by atoms with Gasteiger partial charge in [0.2, 0.25) is 5.91 Å². The van der Waals surface area contributed by atoms with E-state index in [1.165, 1.54) is 0 Å². The molecular formula is C15H18N2O2. The number of pyridine rings is 1. The average Bonchev–Trinajstić information content (AvgIpc) is 2.43. The van der Waals surface area contributed by atoms with Crippen LogP contribution in [0.2, 0.25) is 0 Å². The summed E-state index contributed by atoms with van der Waals surface area (Å²) in [4.78, 5) is 15.9. The summed E-state index contributed by atoms with van der Waals surface area (Å²) < 4.78 is 0. The van der Waals surface area contributed by atoms with Crippen molar-refractivity contribution in [2.75, 3.05) is 5.32 Å². The lowest BCUT2D eigenvalue weighted by molar-refractivity contribution is -0.116. The maximum Gasteiger partial charge on any atom is 0.224 e. The number of nitrogens with zero attached hydrogens (tertiary/aromatic N) is 1. The number of phenolic OH excluding ortho intramolecular Hbond substituents is 1. The maximum atomic E-state index is 11.8. The highest BCUT2D eigenvalue weighted by molar-refractivity contribution is 6.02. The van der Waals surface area contributed by atoms with E-state index in [0.29, 0.717) is 17.6 Å². The first-order valence-corrected chi connectivity index (χ1v) is 6.59. The van der Waals surface area contributed by atoms with Gasteiger partial charge in [0.25, 0.3) is 0 Å². The third kappa shape index (κ3) is 3.22. The van der Waals surface area contributed by atoms with E-state index in [9.17, 15) is 9.90 Å². The van der Waals surface area contributed by atoms with Crippen molar-refractivity contribution in [3.8, 4) is 5.75 Å². The number of hydrogen-bond donors (Lipinski definition) is 2. The number of carbonyl (C=O) groups is 1. The van der Waals surface area contributed by atoms with Crippen molar-refractivity contribution >= 4 is 22.5 Å². The number of amides is 1. The second-order valence-corrected chi connectivity index (χ2v) is 4.54. The van der Waals surface area contributed by atoms with Crippen LogP contribution < -0.4 is 5.32 Å². The van der Waals surface area contributed by atoms with Gasteiger partial charge in [-0.3, -0.25) is 9.78 Å². The Morgan fingerprint density at radius 2 is 2.16 bits per heavy atom. The maximum absolute atomic E-state index is 11.8. The van der Waals surface area contributed by atoms with Crippen molar-refractivity contribution in [1.82, 2.24) is 4.98 Å². The Bertz CT molecular complexity index is 581. The zero-order valence-electron chi connectivity index (χ0n) is 11.0. The van der Waals surface area contributed by atoms with Gasteiger partial charge in [-0.15, -0.1) is 0 Å². The van der Waals surface area contributed by atoms with E-state index in [4.69, 9.17) is 0 Å². The number of nitrogens with one attached hydrogen (secondary N) is 1. The van der Waals surface area contributed by atoms with E-state index in [-0.39, 0.29) is 11.7 Å². The molecule has 0 fully saturated rings. The van der Waals surface area contributed by atoms with Crippen molar-refractivity contribution in [3.05, 3.63) is 30.5 Å². The first-order valence-electron chi connectivity index (χ1n) is 6.59. The quantitative estimate of drug-likeness (QED) is 0.637. The number of rotatable bonds is 5. The lowest BCUT2D eigenvalue weighted by atomic mass is 10.1. The van der Waals surface area contributed by atoms with Crippen LogP contribution in [0.4, 0.5) is 5.69 Å². The lowest BCUT2D eigenvalue weighted by Gasteiger charge is -2.09. The molecule has 0 saturated carbocycles. The van der Waals surface area contributed by atoms with Crippen LogP contribution in [0.3, 0.4) is 0 Å². The summed E-state index contributed by atoms with van der Waals surface area (Å²) in [7, 11) is 0. The monoisotopic (exact) mass is 258 g/mol. The van der Waals surface area contributed by atoms with E-state index in [0.717, 1.165) is 24.6 Å². The molecule has 4 nitrogen and oxygen atoms in total. The smallest absolute Gasteiger partial charge is 0.224 e. The van der Waals surface area contributed by atoms with Gasteiger partial charge in [0.05, 0.1) is 5.69 Å². The van der Waals surface area contributed by atoms with E-state index >= 15 is 0 Å². The number of aromatic nitrogens is 1. The fourth-order valence-corrected chi connectivity index (χ4v) is 2.01. The van der Waals surface area contributed by atoms with Gasteiger partial charge >= 0.3 is 0 Å². The predicted octanol–water partition coefficient (Wildman–Crippen LogP) is 3.46. The largest absolute Gasteiger partial charge is 0.506 e. The second kappa shape index (κ2) is 6.18. The minimum atomic E-state index is 0.00397. The number of unbranched alkanes of at least 4 members (excludes halogenated alkanes) is 2. The topological polar surface area (TPSA) is 62.2 Å². The highest BCUT2D eigenvalue weighted by atomic mass is 16.3. The molecule has 0 aliphatic rings. The minimum absolute atomic E-state index is 0.00397. The summed E-state index contributed by atoms with van der Waals surface area (Å²) in [5.74, 6) is 0.129. The van der Waals surface area contributed by atoms with Gasteiger partial charge in [0, 0.05) is 18.0 Å². The van der Waals surface area contributed by atoms with E-state index in [2.05, 4.69) is 17.2 Å². The molecule has 2 aromatic rings. The zero-order valence-corrected chi connectivity index (χ0v) is 11.0.